The first-order chi connectivity index (χ1) is 10.2. The average molecular weight is 324 g/mol. The van der Waals surface area contributed by atoms with Crippen molar-refractivity contribution in [1.82, 2.24) is 14.9 Å². The van der Waals surface area contributed by atoms with Crippen molar-refractivity contribution in [3.8, 4) is 0 Å². The molecule has 21 heavy (non-hydrogen) atoms. The third-order valence-electron chi connectivity index (χ3n) is 3.19. The second-order valence-corrected chi connectivity index (χ2v) is 6.39. The lowest BCUT2D eigenvalue weighted by Gasteiger charge is -2.18. The number of nitrogens with zero attached hydrogens (tertiary/aromatic N) is 2. The van der Waals surface area contributed by atoms with E-state index in [2.05, 4.69) is 41.0 Å². The van der Waals surface area contributed by atoms with E-state index in [4.69, 9.17) is 11.6 Å². The van der Waals surface area contributed by atoms with Crippen LogP contribution >= 0.6 is 23.4 Å². The standard InChI is InChI=1S/C16H22ClN3S/c1-3-9-20-10-8-19-16(20)15(18-4-2)12-21-14-7-5-6-13(17)11-14/h5-8,10-11,15,18H,3-4,9,12H2,1-2H3. The number of aromatic nitrogens is 2. The minimum Gasteiger partial charge on any atom is -0.334 e. The van der Waals surface area contributed by atoms with E-state index in [-0.39, 0.29) is 6.04 Å². The first-order valence-corrected chi connectivity index (χ1v) is 8.73. The number of benzene rings is 1. The van der Waals surface area contributed by atoms with E-state index in [1.54, 1.807) is 0 Å². The van der Waals surface area contributed by atoms with E-state index in [0.717, 1.165) is 36.1 Å². The van der Waals surface area contributed by atoms with Crippen LogP contribution in [0, 0.1) is 0 Å². The smallest absolute Gasteiger partial charge is 0.126 e. The highest BCUT2D eigenvalue weighted by Crippen LogP contribution is 2.26. The van der Waals surface area contributed by atoms with Gasteiger partial charge in [0, 0.05) is 34.6 Å². The molecule has 0 bridgehead atoms. The number of hydrogen-bond acceptors (Lipinski definition) is 3. The molecule has 114 valence electrons. The molecule has 0 amide bonds. The quantitative estimate of drug-likeness (QED) is 0.731. The van der Waals surface area contributed by atoms with E-state index in [1.807, 2.05) is 36.2 Å². The number of nitrogens with one attached hydrogen (secondary N) is 1. The third kappa shape index (κ3) is 4.77. The zero-order valence-electron chi connectivity index (χ0n) is 12.6. The zero-order chi connectivity index (χ0) is 15.1. The molecule has 0 spiro atoms. The predicted octanol–water partition coefficient (Wildman–Crippen LogP) is 4.39. The van der Waals surface area contributed by atoms with Gasteiger partial charge in [0.1, 0.15) is 5.82 Å². The Bertz CT molecular complexity index is 556. The second-order valence-electron chi connectivity index (χ2n) is 4.86. The molecule has 1 N–H and O–H groups in total. The van der Waals surface area contributed by atoms with Gasteiger partial charge in [0.15, 0.2) is 0 Å². The molecule has 1 heterocycles. The van der Waals surface area contributed by atoms with Gasteiger partial charge >= 0.3 is 0 Å². The number of hydrogen-bond donors (Lipinski definition) is 1. The highest BCUT2D eigenvalue weighted by molar-refractivity contribution is 7.99. The van der Waals surface area contributed by atoms with Crippen LogP contribution < -0.4 is 5.32 Å². The van der Waals surface area contributed by atoms with Gasteiger partial charge in [0.05, 0.1) is 6.04 Å². The molecule has 5 heteroatoms. The van der Waals surface area contributed by atoms with Crippen molar-refractivity contribution in [2.45, 2.75) is 37.8 Å². The van der Waals surface area contributed by atoms with Gasteiger partial charge in [0.2, 0.25) is 0 Å². The molecular weight excluding hydrogens is 302 g/mol. The molecule has 0 aliphatic rings. The van der Waals surface area contributed by atoms with Crippen molar-refractivity contribution in [3.63, 3.8) is 0 Å². The van der Waals surface area contributed by atoms with Crippen LogP contribution in [0.5, 0.6) is 0 Å². The molecule has 2 rings (SSSR count). The van der Waals surface area contributed by atoms with E-state index < -0.39 is 0 Å². The minimum absolute atomic E-state index is 0.250. The second kappa shape index (κ2) is 8.47. The van der Waals surface area contributed by atoms with Crippen molar-refractivity contribution in [1.29, 1.82) is 0 Å². The van der Waals surface area contributed by atoms with Crippen LogP contribution in [0.15, 0.2) is 41.6 Å². The van der Waals surface area contributed by atoms with Gasteiger partial charge in [0.25, 0.3) is 0 Å². The van der Waals surface area contributed by atoms with Gasteiger partial charge < -0.3 is 9.88 Å². The Kier molecular flexibility index (Phi) is 6.61. The van der Waals surface area contributed by atoms with Crippen molar-refractivity contribution in [2.24, 2.45) is 0 Å². The lowest BCUT2D eigenvalue weighted by atomic mass is 10.3. The zero-order valence-corrected chi connectivity index (χ0v) is 14.1. The summed E-state index contributed by atoms with van der Waals surface area (Å²) in [6.45, 7) is 6.26. The van der Waals surface area contributed by atoms with Gasteiger partial charge in [-0.2, -0.15) is 0 Å². The van der Waals surface area contributed by atoms with Crippen LogP contribution in [0.2, 0.25) is 5.02 Å². The molecule has 0 aliphatic carbocycles. The first-order valence-electron chi connectivity index (χ1n) is 7.37. The average Bonchev–Trinajstić information content (AvgIpc) is 2.92. The molecule has 1 aromatic heterocycles. The molecule has 2 aromatic rings. The largest absolute Gasteiger partial charge is 0.334 e. The van der Waals surface area contributed by atoms with Crippen molar-refractivity contribution in [3.05, 3.63) is 47.5 Å². The normalized spacial score (nSPS) is 12.5. The van der Waals surface area contributed by atoms with Gasteiger partial charge in [-0.25, -0.2) is 4.98 Å². The molecule has 1 atom stereocenters. The highest BCUT2D eigenvalue weighted by atomic mass is 35.5. The Morgan fingerprint density at radius 1 is 1.38 bits per heavy atom. The van der Waals surface area contributed by atoms with Crippen LogP contribution in [0.1, 0.15) is 32.1 Å². The van der Waals surface area contributed by atoms with Gasteiger partial charge in [-0.05, 0) is 31.2 Å². The number of imidazole rings is 1. The first kappa shape index (κ1) is 16.4. The summed E-state index contributed by atoms with van der Waals surface area (Å²) in [6, 6.07) is 8.25. The molecule has 0 radical (unpaired) electrons. The van der Waals surface area contributed by atoms with Crippen LogP contribution in [-0.2, 0) is 6.54 Å². The summed E-state index contributed by atoms with van der Waals surface area (Å²) in [5.74, 6) is 2.06. The summed E-state index contributed by atoms with van der Waals surface area (Å²) in [5.41, 5.74) is 0. The van der Waals surface area contributed by atoms with E-state index in [1.165, 1.54) is 4.90 Å². The fourth-order valence-electron chi connectivity index (χ4n) is 2.27. The van der Waals surface area contributed by atoms with Gasteiger partial charge in [-0.3, -0.25) is 0 Å². The molecule has 0 aliphatic heterocycles. The fraction of sp³-hybridized carbons (Fsp3) is 0.438. The minimum atomic E-state index is 0.250. The maximum atomic E-state index is 6.04. The Morgan fingerprint density at radius 2 is 2.24 bits per heavy atom. The molecule has 0 fully saturated rings. The monoisotopic (exact) mass is 323 g/mol. The maximum Gasteiger partial charge on any atom is 0.126 e. The lowest BCUT2D eigenvalue weighted by Crippen LogP contribution is -2.26. The van der Waals surface area contributed by atoms with Crippen LogP contribution in [0.3, 0.4) is 0 Å². The van der Waals surface area contributed by atoms with E-state index in [0.29, 0.717) is 0 Å². The SMILES string of the molecule is CCCn1ccnc1C(CSc1cccc(Cl)c1)NCC. The molecule has 0 saturated heterocycles. The summed E-state index contributed by atoms with van der Waals surface area (Å²) in [6.07, 6.45) is 5.07. The number of halogens is 1. The molecule has 1 aromatic carbocycles. The summed E-state index contributed by atoms with van der Waals surface area (Å²) >= 11 is 7.85. The predicted molar refractivity (Wildman–Crippen MR) is 91.1 cm³/mol. The van der Waals surface area contributed by atoms with Crippen molar-refractivity contribution in [2.75, 3.05) is 12.3 Å². The number of rotatable bonds is 8. The lowest BCUT2D eigenvalue weighted by molar-refractivity contribution is 0.527. The Morgan fingerprint density at radius 3 is 2.95 bits per heavy atom. The summed E-state index contributed by atoms with van der Waals surface area (Å²) in [4.78, 5) is 5.74. The highest BCUT2D eigenvalue weighted by Gasteiger charge is 2.16. The van der Waals surface area contributed by atoms with Crippen molar-refractivity contribution < 1.29 is 0 Å². The molecular formula is C16H22ClN3S. The van der Waals surface area contributed by atoms with Crippen molar-refractivity contribution >= 4 is 23.4 Å². The van der Waals surface area contributed by atoms with E-state index in [9.17, 15) is 0 Å². The van der Waals surface area contributed by atoms with E-state index >= 15 is 0 Å². The Hall–Kier alpha value is -0.970. The Balaban J connectivity index is 2.06. The summed E-state index contributed by atoms with van der Waals surface area (Å²) < 4.78 is 2.24. The van der Waals surface area contributed by atoms with Gasteiger partial charge in [-0.15, -0.1) is 11.8 Å². The Labute approximate surface area is 136 Å². The third-order valence-corrected chi connectivity index (χ3v) is 4.51. The number of thioether (sulfide) groups is 1. The topological polar surface area (TPSA) is 29.9 Å². The van der Waals surface area contributed by atoms with Gasteiger partial charge in [-0.1, -0.05) is 31.5 Å². The molecule has 1 unspecified atom stereocenters. The van der Waals surface area contributed by atoms with Crippen LogP contribution in [0.25, 0.3) is 0 Å². The number of aryl methyl sites for hydroxylation is 1. The molecule has 3 nitrogen and oxygen atoms in total. The summed E-state index contributed by atoms with van der Waals surface area (Å²) in [5, 5.41) is 4.32. The molecule has 0 saturated carbocycles. The van der Waals surface area contributed by atoms with Crippen LogP contribution in [0.4, 0.5) is 0 Å². The fourth-order valence-corrected chi connectivity index (χ4v) is 3.53. The summed E-state index contributed by atoms with van der Waals surface area (Å²) in [7, 11) is 0. The maximum absolute atomic E-state index is 6.04. The van der Waals surface area contributed by atoms with Crippen LogP contribution in [-0.4, -0.2) is 21.8 Å².